The predicted molar refractivity (Wildman–Crippen MR) is 93.4 cm³/mol. The molecule has 2 aromatic rings. The molecule has 0 aliphatic heterocycles. The molecule has 0 heterocycles. The molecule has 116 valence electrons. The minimum absolute atomic E-state index is 0.550. The van der Waals surface area contributed by atoms with E-state index in [1.165, 1.54) is 5.56 Å². The number of nitriles is 1. The second-order valence-corrected chi connectivity index (χ2v) is 5.36. The molecule has 2 rings (SSSR count). The molecule has 2 heteroatoms. The van der Waals surface area contributed by atoms with Gasteiger partial charge in [0.25, 0.3) is 0 Å². The lowest BCUT2D eigenvalue weighted by atomic mass is 10.1. The maximum atomic E-state index is 9.29. The van der Waals surface area contributed by atoms with Crippen molar-refractivity contribution in [3.8, 4) is 23.7 Å². The molecule has 23 heavy (non-hydrogen) atoms. The lowest BCUT2D eigenvalue weighted by molar-refractivity contribution is 0.317. The van der Waals surface area contributed by atoms with E-state index in [0.29, 0.717) is 12.2 Å². The van der Waals surface area contributed by atoms with Gasteiger partial charge in [-0.1, -0.05) is 44.2 Å². The Morgan fingerprint density at radius 3 is 2.35 bits per heavy atom. The Bertz CT molecular complexity index is 742. The van der Waals surface area contributed by atoms with Crippen molar-refractivity contribution in [2.45, 2.75) is 33.1 Å². The zero-order chi connectivity index (χ0) is 16.5. The summed E-state index contributed by atoms with van der Waals surface area (Å²) in [5, 5.41) is 9.29. The Balaban J connectivity index is 2.18. The molecule has 0 bridgehead atoms. The minimum atomic E-state index is 0.550. The molecule has 0 N–H and O–H groups in total. The van der Waals surface area contributed by atoms with E-state index in [2.05, 4.69) is 43.9 Å². The summed E-state index contributed by atoms with van der Waals surface area (Å²) in [5.74, 6) is 6.93. The molecule has 0 atom stereocenters. The Labute approximate surface area is 138 Å². The first-order valence-electron chi connectivity index (χ1n) is 8.04. The van der Waals surface area contributed by atoms with Gasteiger partial charge < -0.3 is 4.74 Å². The number of ether oxygens (including phenoxy) is 1. The summed E-state index contributed by atoms with van der Waals surface area (Å²) >= 11 is 0. The highest BCUT2D eigenvalue weighted by molar-refractivity contribution is 5.53. The number of benzene rings is 2. The molecular formula is C21H21NO. The van der Waals surface area contributed by atoms with Crippen LogP contribution in [0.15, 0.2) is 42.5 Å². The fourth-order valence-corrected chi connectivity index (χ4v) is 2.22. The standard InChI is InChI=1S/C21H21NO/c1-3-5-17-6-8-18(9-7-17)10-11-19-12-13-21(23-14-4-2)15-20(19)16-22/h6-9,12-13,15H,3-5,14H2,1-2H3. The third kappa shape index (κ3) is 4.90. The third-order valence-electron chi connectivity index (χ3n) is 3.42. The lowest BCUT2D eigenvalue weighted by Gasteiger charge is -2.05. The van der Waals surface area contributed by atoms with Crippen LogP contribution in [-0.2, 0) is 6.42 Å². The number of aryl methyl sites for hydroxylation is 1. The number of nitrogens with zero attached hydrogens (tertiary/aromatic N) is 1. The summed E-state index contributed by atoms with van der Waals surface area (Å²) in [4.78, 5) is 0. The topological polar surface area (TPSA) is 33.0 Å². The summed E-state index contributed by atoms with van der Waals surface area (Å²) in [7, 11) is 0. The van der Waals surface area contributed by atoms with Crippen LogP contribution < -0.4 is 4.74 Å². The predicted octanol–water partition coefficient (Wildman–Crippen LogP) is 4.70. The van der Waals surface area contributed by atoms with Crippen molar-refractivity contribution in [1.29, 1.82) is 5.26 Å². The molecular weight excluding hydrogens is 282 g/mol. The van der Waals surface area contributed by atoms with Crippen molar-refractivity contribution in [3.63, 3.8) is 0 Å². The van der Waals surface area contributed by atoms with E-state index in [1.54, 1.807) is 6.07 Å². The largest absolute Gasteiger partial charge is 0.494 e. The number of rotatable bonds is 5. The Morgan fingerprint density at radius 2 is 1.70 bits per heavy atom. The van der Waals surface area contributed by atoms with Crippen LogP contribution in [0.4, 0.5) is 0 Å². The summed E-state index contributed by atoms with van der Waals surface area (Å²) in [6.45, 7) is 4.88. The zero-order valence-corrected chi connectivity index (χ0v) is 13.7. The van der Waals surface area contributed by atoms with Crippen LogP contribution in [0.25, 0.3) is 0 Å². The second kappa shape index (κ2) is 8.66. The highest BCUT2D eigenvalue weighted by Gasteiger charge is 2.02. The number of hydrogen-bond donors (Lipinski definition) is 0. The SMILES string of the molecule is CCCOc1ccc(C#Cc2ccc(CCC)cc2)c(C#N)c1. The first kappa shape index (κ1) is 16.7. The van der Waals surface area contributed by atoms with Crippen LogP contribution in [0.1, 0.15) is 48.9 Å². The normalized spacial score (nSPS) is 9.61. The van der Waals surface area contributed by atoms with Crippen LogP contribution in [0.2, 0.25) is 0 Å². The zero-order valence-electron chi connectivity index (χ0n) is 13.7. The van der Waals surface area contributed by atoms with Gasteiger partial charge in [0.15, 0.2) is 0 Å². The third-order valence-corrected chi connectivity index (χ3v) is 3.42. The summed E-state index contributed by atoms with van der Waals surface area (Å²) in [6.07, 6.45) is 3.17. The molecule has 2 aromatic carbocycles. The highest BCUT2D eigenvalue weighted by atomic mass is 16.5. The van der Waals surface area contributed by atoms with Crippen molar-refractivity contribution in [2.75, 3.05) is 6.61 Å². The monoisotopic (exact) mass is 303 g/mol. The van der Waals surface area contributed by atoms with E-state index in [0.717, 1.165) is 36.1 Å². The number of hydrogen-bond acceptors (Lipinski definition) is 2. The average Bonchev–Trinajstić information content (AvgIpc) is 2.60. The second-order valence-electron chi connectivity index (χ2n) is 5.36. The van der Waals surface area contributed by atoms with Crippen molar-refractivity contribution >= 4 is 0 Å². The van der Waals surface area contributed by atoms with E-state index in [-0.39, 0.29) is 0 Å². The van der Waals surface area contributed by atoms with Gasteiger partial charge in [0.05, 0.1) is 12.2 Å². The summed E-state index contributed by atoms with van der Waals surface area (Å²) in [5.41, 5.74) is 3.57. The smallest absolute Gasteiger partial charge is 0.120 e. The van der Waals surface area contributed by atoms with Gasteiger partial charge in [0.1, 0.15) is 11.8 Å². The fourth-order valence-electron chi connectivity index (χ4n) is 2.22. The van der Waals surface area contributed by atoms with Gasteiger partial charge in [0.2, 0.25) is 0 Å². The van der Waals surface area contributed by atoms with Gasteiger partial charge in [-0.05, 0) is 48.7 Å². The van der Waals surface area contributed by atoms with Crippen LogP contribution in [-0.4, -0.2) is 6.61 Å². The highest BCUT2D eigenvalue weighted by Crippen LogP contribution is 2.17. The Kier molecular flexibility index (Phi) is 6.28. The lowest BCUT2D eigenvalue weighted by Crippen LogP contribution is -1.96. The van der Waals surface area contributed by atoms with Gasteiger partial charge in [-0.2, -0.15) is 5.26 Å². The van der Waals surface area contributed by atoms with Crippen molar-refractivity contribution < 1.29 is 4.74 Å². The summed E-state index contributed by atoms with van der Waals surface area (Å²) in [6, 6.07) is 15.9. The molecule has 0 spiro atoms. The average molecular weight is 303 g/mol. The van der Waals surface area contributed by atoms with E-state index < -0.39 is 0 Å². The Morgan fingerprint density at radius 1 is 0.913 bits per heavy atom. The van der Waals surface area contributed by atoms with Gasteiger partial charge in [-0.3, -0.25) is 0 Å². The fraction of sp³-hybridized carbons (Fsp3) is 0.286. The van der Waals surface area contributed by atoms with Crippen LogP contribution in [0.5, 0.6) is 5.75 Å². The van der Waals surface area contributed by atoms with Crippen LogP contribution >= 0.6 is 0 Å². The van der Waals surface area contributed by atoms with Gasteiger partial charge in [0, 0.05) is 11.1 Å². The van der Waals surface area contributed by atoms with Crippen LogP contribution in [0, 0.1) is 23.2 Å². The maximum Gasteiger partial charge on any atom is 0.120 e. The van der Waals surface area contributed by atoms with E-state index in [4.69, 9.17) is 4.74 Å². The molecule has 0 radical (unpaired) electrons. The van der Waals surface area contributed by atoms with Gasteiger partial charge in [-0.25, -0.2) is 0 Å². The minimum Gasteiger partial charge on any atom is -0.494 e. The first-order valence-corrected chi connectivity index (χ1v) is 8.04. The summed E-state index contributed by atoms with van der Waals surface area (Å²) < 4.78 is 5.55. The van der Waals surface area contributed by atoms with Gasteiger partial charge in [-0.15, -0.1) is 0 Å². The molecule has 0 amide bonds. The molecule has 2 nitrogen and oxygen atoms in total. The van der Waals surface area contributed by atoms with E-state index in [9.17, 15) is 5.26 Å². The van der Waals surface area contributed by atoms with E-state index in [1.807, 2.05) is 24.3 Å². The van der Waals surface area contributed by atoms with E-state index >= 15 is 0 Å². The quantitative estimate of drug-likeness (QED) is 0.750. The molecule has 0 saturated heterocycles. The Hall–Kier alpha value is -2.71. The molecule has 0 aliphatic carbocycles. The molecule has 0 aliphatic rings. The molecule has 0 unspecified atom stereocenters. The maximum absolute atomic E-state index is 9.29. The van der Waals surface area contributed by atoms with Crippen molar-refractivity contribution in [2.24, 2.45) is 0 Å². The van der Waals surface area contributed by atoms with Crippen LogP contribution in [0.3, 0.4) is 0 Å². The van der Waals surface area contributed by atoms with Gasteiger partial charge >= 0.3 is 0 Å². The van der Waals surface area contributed by atoms with Crippen molar-refractivity contribution in [1.82, 2.24) is 0 Å². The molecule has 0 saturated carbocycles. The first-order chi connectivity index (χ1) is 11.3. The molecule has 0 aromatic heterocycles. The van der Waals surface area contributed by atoms with Crippen molar-refractivity contribution in [3.05, 3.63) is 64.7 Å². The molecule has 0 fully saturated rings.